The molecule has 2 aromatic heterocycles. The van der Waals surface area contributed by atoms with E-state index in [1.54, 1.807) is 0 Å². The molecule has 3 heteroatoms. The molecule has 10 aromatic rings. The molecule has 0 fully saturated rings. The van der Waals surface area contributed by atoms with Gasteiger partial charge in [0.2, 0.25) is 0 Å². The molecule has 3 nitrogen and oxygen atoms in total. The summed E-state index contributed by atoms with van der Waals surface area (Å²) in [4.78, 5) is 10.6. The second-order valence-corrected chi connectivity index (χ2v) is 15.3. The summed E-state index contributed by atoms with van der Waals surface area (Å²) in [7, 11) is 0. The molecule has 264 valence electrons. The molecular weight excluding hydrogens is 681 g/mol. The van der Waals surface area contributed by atoms with Gasteiger partial charge in [0.05, 0.1) is 11.4 Å². The van der Waals surface area contributed by atoms with E-state index >= 15 is 0 Å². The maximum absolute atomic E-state index is 6.55. The van der Waals surface area contributed by atoms with Crippen LogP contribution >= 0.6 is 0 Å². The Morgan fingerprint density at radius 1 is 0.411 bits per heavy atom. The lowest BCUT2D eigenvalue weighted by Crippen LogP contribution is -2.14. The minimum atomic E-state index is -0.144. The summed E-state index contributed by atoms with van der Waals surface area (Å²) in [5.41, 5.74) is 16.1. The SMILES string of the molecule is CC1(C)c2cc3ccccc3cc2-c2c(-c3ccccc3-c3cc(-c4ccccc4-c4cccc5c4oc4ccccc45)nc(-c4ccccc4)n3)cccc21. The zero-order valence-electron chi connectivity index (χ0n) is 31.1. The van der Waals surface area contributed by atoms with E-state index in [1.807, 2.05) is 30.3 Å². The number of benzene rings is 8. The fourth-order valence-electron chi connectivity index (χ4n) is 8.98. The molecule has 0 atom stereocenters. The van der Waals surface area contributed by atoms with Crippen molar-refractivity contribution in [2.75, 3.05) is 0 Å². The van der Waals surface area contributed by atoms with E-state index in [1.165, 1.54) is 38.6 Å². The minimum Gasteiger partial charge on any atom is -0.455 e. The summed E-state index contributed by atoms with van der Waals surface area (Å²) in [5, 5.41) is 4.74. The summed E-state index contributed by atoms with van der Waals surface area (Å²) in [6.07, 6.45) is 0. The maximum Gasteiger partial charge on any atom is 0.160 e. The molecule has 1 aliphatic rings. The number of hydrogen-bond acceptors (Lipinski definition) is 3. The van der Waals surface area contributed by atoms with Gasteiger partial charge in [0.1, 0.15) is 11.2 Å². The van der Waals surface area contributed by atoms with E-state index < -0.39 is 0 Å². The predicted molar refractivity (Wildman–Crippen MR) is 232 cm³/mol. The molecule has 0 bridgehead atoms. The number of para-hydroxylation sites is 2. The standard InChI is InChI=1S/C53H36N2O/c1-53(2)45-28-15-25-41(50(45)44-30-34-18-6-7-19-35(34)31-46(44)53)36-20-8-10-22-38(36)47-32-48(55-52(54-47)33-16-4-3-5-17-33)39-23-11-9-21-37(39)42-26-14-27-43-40-24-12-13-29-49(40)56-51(42)43/h3-32H,1-2H3. The Balaban J connectivity index is 1.14. The average Bonchev–Trinajstić information content (AvgIpc) is 3.75. The molecule has 0 amide bonds. The number of furan rings is 1. The van der Waals surface area contributed by atoms with Crippen LogP contribution in [0.1, 0.15) is 25.0 Å². The fraction of sp³-hybridized carbons (Fsp3) is 0.0566. The summed E-state index contributed by atoms with van der Waals surface area (Å²) in [6.45, 7) is 4.71. The Bertz CT molecular complexity index is 3170. The normalized spacial score (nSPS) is 13.0. The van der Waals surface area contributed by atoms with Gasteiger partial charge < -0.3 is 4.42 Å². The molecule has 2 heterocycles. The lowest BCUT2D eigenvalue weighted by molar-refractivity contribution is 0.661. The Kier molecular flexibility index (Phi) is 7.20. The van der Waals surface area contributed by atoms with Gasteiger partial charge in [-0.3, -0.25) is 0 Å². The number of hydrogen-bond donors (Lipinski definition) is 0. The number of fused-ring (bicyclic) bond motifs is 7. The molecule has 8 aromatic carbocycles. The van der Waals surface area contributed by atoms with E-state index in [9.17, 15) is 0 Å². The van der Waals surface area contributed by atoms with Crippen molar-refractivity contribution in [2.45, 2.75) is 19.3 Å². The van der Waals surface area contributed by atoms with E-state index in [2.05, 4.69) is 166 Å². The maximum atomic E-state index is 6.55. The third kappa shape index (κ3) is 4.98. The molecule has 0 aliphatic heterocycles. The van der Waals surface area contributed by atoms with Gasteiger partial charge in [0.15, 0.2) is 5.82 Å². The van der Waals surface area contributed by atoms with Gasteiger partial charge >= 0.3 is 0 Å². The van der Waals surface area contributed by atoms with Crippen LogP contribution in [0.2, 0.25) is 0 Å². The van der Waals surface area contributed by atoms with Crippen molar-refractivity contribution in [1.29, 1.82) is 0 Å². The van der Waals surface area contributed by atoms with Gasteiger partial charge in [-0.15, -0.1) is 0 Å². The molecule has 1 aliphatic carbocycles. The van der Waals surface area contributed by atoms with Crippen molar-refractivity contribution in [1.82, 2.24) is 9.97 Å². The van der Waals surface area contributed by atoms with Crippen LogP contribution in [0.5, 0.6) is 0 Å². The third-order valence-electron chi connectivity index (χ3n) is 11.7. The Morgan fingerprint density at radius 2 is 0.964 bits per heavy atom. The van der Waals surface area contributed by atoms with Gasteiger partial charge in [-0.05, 0) is 74.0 Å². The van der Waals surface area contributed by atoms with Crippen LogP contribution in [0, 0.1) is 0 Å². The van der Waals surface area contributed by atoms with Crippen LogP contribution in [-0.2, 0) is 5.41 Å². The second kappa shape index (κ2) is 12.5. The van der Waals surface area contributed by atoms with E-state index in [-0.39, 0.29) is 5.41 Å². The lowest BCUT2D eigenvalue weighted by atomic mass is 9.81. The largest absolute Gasteiger partial charge is 0.455 e. The molecule has 0 saturated heterocycles. The van der Waals surface area contributed by atoms with Crippen molar-refractivity contribution in [3.63, 3.8) is 0 Å². The van der Waals surface area contributed by atoms with Crippen LogP contribution < -0.4 is 0 Å². The smallest absolute Gasteiger partial charge is 0.160 e. The number of rotatable bonds is 5. The third-order valence-corrected chi connectivity index (χ3v) is 11.7. The van der Waals surface area contributed by atoms with Gasteiger partial charge in [-0.25, -0.2) is 9.97 Å². The van der Waals surface area contributed by atoms with Crippen LogP contribution in [0.25, 0.3) is 100.0 Å². The molecule has 0 spiro atoms. The predicted octanol–water partition coefficient (Wildman–Crippen LogP) is 14.2. The Morgan fingerprint density at radius 3 is 1.71 bits per heavy atom. The van der Waals surface area contributed by atoms with Crippen LogP contribution in [0.4, 0.5) is 0 Å². The Labute approximate surface area is 325 Å². The molecule has 56 heavy (non-hydrogen) atoms. The van der Waals surface area contributed by atoms with E-state index in [0.29, 0.717) is 5.82 Å². The van der Waals surface area contributed by atoms with Crippen LogP contribution in [-0.4, -0.2) is 9.97 Å². The van der Waals surface area contributed by atoms with Crippen molar-refractivity contribution >= 4 is 32.7 Å². The average molecular weight is 717 g/mol. The number of aromatic nitrogens is 2. The first-order valence-corrected chi connectivity index (χ1v) is 19.2. The molecule has 0 N–H and O–H groups in total. The fourth-order valence-corrected chi connectivity index (χ4v) is 8.98. The first kappa shape index (κ1) is 32.3. The highest BCUT2D eigenvalue weighted by Gasteiger charge is 2.37. The monoisotopic (exact) mass is 716 g/mol. The van der Waals surface area contributed by atoms with Crippen molar-refractivity contribution in [3.05, 3.63) is 193 Å². The summed E-state index contributed by atoms with van der Waals surface area (Å²) >= 11 is 0. The van der Waals surface area contributed by atoms with Gasteiger partial charge in [-0.1, -0.05) is 172 Å². The highest BCUT2D eigenvalue weighted by Crippen LogP contribution is 2.54. The van der Waals surface area contributed by atoms with Crippen LogP contribution in [0.15, 0.2) is 186 Å². The number of nitrogens with zero attached hydrogens (tertiary/aromatic N) is 2. The molecule has 0 unspecified atom stereocenters. The second-order valence-electron chi connectivity index (χ2n) is 15.3. The van der Waals surface area contributed by atoms with Gasteiger partial charge in [0.25, 0.3) is 0 Å². The van der Waals surface area contributed by atoms with Crippen molar-refractivity contribution in [3.8, 4) is 67.3 Å². The van der Waals surface area contributed by atoms with E-state index in [4.69, 9.17) is 14.4 Å². The highest BCUT2D eigenvalue weighted by atomic mass is 16.3. The minimum absolute atomic E-state index is 0.144. The zero-order chi connectivity index (χ0) is 37.4. The molecule has 0 saturated carbocycles. The highest BCUT2D eigenvalue weighted by molar-refractivity contribution is 6.10. The summed E-state index contributed by atoms with van der Waals surface area (Å²) in [6, 6.07) is 64.6. The first-order chi connectivity index (χ1) is 27.5. The van der Waals surface area contributed by atoms with Gasteiger partial charge in [0, 0.05) is 38.4 Å². The van der Waals surface area contributed by atoms with Gasteiger partial charge in [-0.2, -0.15) is 0 Å². The van der Waals surface area contributed by atoms with Crippen LogP contribution in [0.3, 0.4) is 0 Å². The molecular formula is C53H36N2O. The summed E-state index contributed by atoms with van der Waals surface area (Å²) < 4.78 is 6.55. The lowest BCUT2D eigenvalue weighted by Gasteiger charge is -2.22. The zero-order valence-corrected chi connectivity index (χ0v) is 31.1. The quantitative estimate of drug-likeness (QED) is 0.178. The first-order valence-electron chi connectivity index (χ1n) is 19.2. The summed E-state index contributed by atoms with van der Waals surface area (Å²) in [5.74, 6) is 0.681. The molecule has 11 rings (SSSR count). The Hall–Kier alpha value is -7.10. The van der Waals surface area contributed by atoms with Crippen molar-refractivity contribution in [2.24, 2.45) is 0 Å². The molecule has 0 radical (unpaired) electrons. The topological polar surface area (TPSA) is 38.9 Å². The van der Waals surface area contributed by atoms with Crippen molar-refractivity contribution < 1.29 is 4.42 Å². The van der Waals surface area contributed by atoms with E-state index in [0.717, 1.165) is 66.7 Å².